The second-order valence-electron chi connectivity index (χ2n) is 3.76. The van der Waals surface area contributed by atoms with Crippen LogP contribution in [-0.2, 0) is 11.3 Å². The minimum atomic E-state index is -0.0650. The smallest absolute Gasteiger partial charge is 0.233 e. The number of carbonyl (C=O) groups excluding carboxylic acids is 1. The lowest BCUT2D eigenvalue weighted by Gasteiger charge is -2.00. The fourth-order valence-electron chi connectivity index (χ4n) is 1.50. The first kappa shape index (κ1) is 12.3. The maximum atomic E-state index is 11.0. The summed E-state index contributed by atoms with van der Waals surface area (Å²) in [6, 6.07) is 9.76. The maximum Gasteiger partial charge on any atom is 0.233 e. The van der Waals surface area contributed by atoms with E-state index in [1.165, 1.54) is 0 Å². The van der Waals surface area contributed by atoms with Gasteiger partial charge in [-0.1, -0.05) is 30.3 Å². The topological polar surface area (TPSA) is 67.2 Å². The zero-order valence-corrected chi connectivity index (χ0v) is 10.1. The zero-order valence-electron chi connectivity index (χ0n) is 10.1. The fourth-order valence-corrected chi connectivity index (χ4v) is 1.50. The number of likely N-dealkylation sites (N-methyl/N-ethyl adjacent to an activating group) is 1. The molecule has 0 fully saturated rings. The predicted octanol–water partition coefficient (Wildman–Crippen LogP) is 1.18. The fraction of sp³-hybridized carbons (Fsp3) is 0.231. The molecule has 0 bridgehead atoms. The average molecular weight is 245 g/mol. The highest BCUT2D eigenvalue weighted by Gasteiger charge is 2.06. The van der Waals surface area contributed by atoms with Crippen molar-refractivity contribution in [3.05, 3.63) is 42.4 Å². The Labute approximate surface area is 105 Å². The molecule has 94 valence electrons. The highest BCUT2D eigenvalue weighted by Crippen LogP contribution is 2.19. The number of nitrogens with one attached hydrogen (secondary N) is 2. The van der Waals surface area contributed by atoms with E-state index in [0.717, 1.165) is 11.3 Å². The summed E-state index contributed by atoms with van der Waals surface area (Å²) < 4.78 is 5.58. The molecule has 0 spiro atoms. The largest absolute Gasteiger partial charge is 0.439 e. The van der Waals surface area contributed by atoms with E-state index in [2.05, 4.69) is 15.6 Å². The van der Waals surface area contributed by atoms with Crippen LogP contribution >= 0.6 is 0 Å². The summed E-state index contributed by atoms with van der Waals surface area (Å²) in [5, 5.41) is 5.48. The van der Waals surface area contributed by atoms with Gasteiger partial charge in [0.1, 0.15) is 0 Å². The predicted molar refractivity (Wildman–Crippen MR) is 67.7 cm³/mol. The van der Waals surface area contributed by atoms with E-state index < -0.39 is 0 Å². The van der Waals surface area contributed by atoms with Crippen LogP contribution in [0.25, 0.3) is 11.3 Å². The van der Waals surface area contributed by atoms with Crippen molar-refractivity contribution in [2.24, 2.45) is 0 Å². The van der Waals surface area contributed by atoms with Gasteiger partial charge in [0.05, 0.1) is 19.3 Å². The van der Waals surface area contributed by atoms with Crippen molar-refractivity contribution < 1.29 is 9.21 Å². The lowest BCUT2D eigenvalue weighted by Crippen LogP contribution is -2.31. The van der Waals surface area contributed by atoms with Crippen molar-refractivity contribution in [3.63, 3.8) is 0 Å². The summed E-state index contributed by atoms with van der Waals surface area (Å²) in [6.07, 6.45) is 1.69. The monoisotopic (exact) mass is 245 g/mol. The molecule has 1 aromatic heterocycles. The number of rotatable bonds is 5. The third-order valence-electron chi connectivity index (χ3n) is 2.45. The van der Waals surface area contributed by atoms with Crippen molar-refractivity contribution in [2.45, 2.75) is 6.54 Å². The van der Waals surface area contributed by atoms with Crippen LogP contribution in [0.4, 0.5) is 0 Å². The summed E-state index contributed by atoms with van der Waals surface area (Å²) in [5.74, 6) is 1.23. The maximum absolute atomic E-state index is 11.0. The molecule has 1 amide bonds. The molecule has 2 aromatic rings. The van der Waals surface area contributed by atoms with E-state index in [-0.39, 0.29) is 12.5 Å². The third-order valence-corrected chi connectivity index (χ3v) is 2.45. The van der Waals surface area contributed by atoms with E-state index in [0.29, 0.717) is 12.4 Å². The van der Waals surface area contributed by atoms with Crippen LogP contribution in [0.1, 0.15) is 5.89 Å². The number of benzene rings is 1. The van der Waals surface area contributed by atoms with Gasteiger partial charge in [0.15, 0.2) is 5.76 Å². The van der Waals surface area contributed by atoms with Gasteiger partial charge in [-0.3, -0.25) is 10.1 Å². The normalized spacial score (nSPS) is 10.3. The van der Waals surface area contributed by atoms with E-state index >= 15 is 0 Å². The third kappa shape index (κ3) is 3.18. The molecule has 1 aromatic carbocycles. The summed E-state index contributed by atoms with van der Waals surface area (Å²) in [4.78, 5) is 15.2. The van der Waals surface area contributed by atoms with Crippen LogP contribution in [0.2, 0.25) is 0 Å². The first-order valence-corrected chi connectivity index (χ1v) is 5.71. The van der Waals surface area contributed by atoms with Gasteiger partial charge in [0.2, 0.25) is 11.8 Å². The van der Waals surface area contributed by atoms with Crippen LogP contribution in [0, 0.1) is 0 Å². The van der Waals surface area contributed by atoms with Crippen molar-refractivity contribution in [1.82, 2.24) is 15.6 Å². The first-order valence-electron chi connectivity index (χ1n) is 5.71. The first-order chi connectivity index (χ1) is 8.79. The average Bonchev–Trinajstić information content (AvgIpc) is 2.88. The molecule has 0 aliphatic heterocycles. The van der Waals surface area contributed by atoms with Gasteiger partial charge in [-0.15, -0.1) is 0 Å². The molecule has 18 heavy (non-hydrogen) atoms. The van der Waals surface area contributed by atoms with Gasteiger partial charge < -0.3 is 9.73 Å². The Kier molecular flexibility index (Phi) is 4.09. The van der Waals surface area contributed by atoms with Gasteiger partial charge >= 0.3 is 0 Å². The molecule has 0 aliphatic carbocycles. The summed E-state index contributed by atoms with van der Waals surface area (Å²) >= 11 is 0. The van der Waals surface area contributed by atoms with Crippen LogP contribution in [0.3, 0.4) is 0 Å². The van der Waals surface area contributed by atoms with Crippen LogP contribution in [0.15, 0.2) is 40.9 Å². The molecule has 2 rings (SSSR count). The quantitative estimate of drug-likeness (QED) is 0.830. The SMILES string of the molecule is CNC(=O)CNCc1ncc(-c2ccccc2)o1. The van der Waals surface area contributed by atoms with E-state index in [1.54, 1.807) is 13.2 Å². The Bertz CT molecular complexity index is 508. The van der Waals surface area contributed by atoms with Crippen molar-refractivity contribution in [3.8, 4) is 11.3 Å². The summed E-state index contributed by atoms with van der Waals surface area (Å²) in [7, 11) is 1.60. The Morgan fingerprint density at radius 2 is 2.11 bits per heavy atom. The molecule has 0 aliphatic rings. The minimum Gasteiger partial charge on any atom is -0.439 e. The van der Waals surface area contributed by atoms with Gasteiger partial charge in [0, 0.05) is 12.6 Å². The highest BCUT2D eigenvalue weighted by atomic mass is 16.4. The molecule has 0 saturated heterocycles. The zero-order chi connectivity index (χ0) is 12.8. The molecule has 2 N–H and O–H groups in total. The number of nitrogens with zero attached hydrogens (tertiary/aromatic N) is 1. The van der Waals surface area contributed by atoms with Gasteiger partial charge in [-0.05, 0) is 0 Å². The highest BCUT2D eigenvalue weighted by molar-refractivity contribution is 5.77. The summed E-state index contributed by atoms with van der Waals surface area (Å²) in [5.41, 5.74) is 0.988. The number of hydrogen-bond donors (Lipinski definition) is 2. The molecule has 0 unspecified atom stereocenters. The van der Waals surface area contributed by atoms with Crippen LogP contribution in [0.5, 0.6) is 0 Å². The Morgan fingerprint density at radius 3 is 2.83 bits per heavy atom. The second-order valence-corrected chi connectivity index (χ2v) is 3.76. The molecular weight excluding hydrogens is 230 g/mol. The molecule has 0 radical (unpaired) electrons. The molecule has 5 nitrogen and oxygen atoms in total. The van der Waals surface area contributed by atoms with E-state index in [1.807, 2.05) is 30.3 Å². The van der Waals surface area contributed by atoms with Crippen molar-refractivity contribution in [1.29, 1.82) is 0 Å². The van der Waals surface area contributed by atoms with E-state index in [4.69, 9.17) is 4.42 Å². The van der Waals surface area contributed by atoms with Crippen LogP contribution < -0.4 is 10.6 Å². The number of aromatic nitrogens is 1. The lowest BCUT2D eigenvalue weighted by molar-refractivity contribution is -0.119. The second kappa shape index (κ2) is 5.97. The Hall–Kier alpha value is -2.14. The Balaban J connectivity index is 1.93. The van der Waals surface area contributed by atoms with E-state index in [9.17, 15) is 4.79 Å². The van der Waals surface area contributed by atoms with Gasteiger partial charge in [-0.2, -0.15) is 0 Å². The lowest BCUT2D eigenvalue weighted by atomic mass is 10.2. The number of oxazole rings is 1. The molecule has 0 saturated carbocycles. The molecular formula is C13H15N3O2. The number of hydrogen-bond acceptors (Lipinski definition) is 4. The van der Waals surface area contributed by atoms with Gasteiger partial charge in [0.25, 0.3) is 0 Å². The standard InChI is InChI=1S/C13H15N3O2/c1-14-12(17)8-15-9-13-16-7-11(18-13)10-5-3-2-4-6-10/h2-7,15H,8-9H2,1H3,(H,14,17). The van der Waals surface area contributed by atoms with Crippen molar-refractivity contribution >= 4 is 5.91 Å². The van der Waals surface area contributed by atoms with Crippen molar-refractivity contribution in [2.75, 3.05) is 13.6 Å². The minimum absolute atomic E-state index is 0.0650. The molecule has 0 atom stereocenters. The van der Waals surface area contributed by atoms with Gasteiger partial charge in [-0.25, -0.2) is 4.98 Å². The number of amides is 1. The summed E-state index contributed by atoms with van der Waals surface area (Å²) in [6.45, 7) is 0.680. The molecule has 1 heterocycles. The molecule has 5 heteroatoms. The number of carbonyl (C=O) groups is 1. The van der Waals surface area contributed by atoms with Crippen LogP contribution in [-0.4, -0.2) is 24.5 Å². The Morgan fingerprint density at radius 1 is 1.33 bits per heavy atom.